The fourth-order valence-corrected chi connectivity index (χ4v) is 3.18. The van der Waals surface area contributed by atoms with Crippen molar-refractivity contribution in [1.82, 2.24) is 9.71 Å². The van der Waals surface area contributed by atoms with Crippen molar-refractivity contribution >= 4 is 39.8 Å². The molecule has 1 aliphatic rings. The van der Waals surface area contributed by atoms with Crippen LogP contribution in [-0.4, -0.2) is 19.4 Å². The number of carbonyl (C=O) groups is 1. The van der Waals surface area contributed by atoms with E-state index in [1.54, 1.807) is 6.07 Å². The molecule has 110 valence electrons. The van der Waals surface area contributed by atoms with Crippen LogP contribution in [0.15, 0.2) is 47.6 Å². The van der Waals surface area contributed by atoms with Gasteiger partial charge in [0.25, 0.3) is 10.0 Å². The zero-order chi connectivity index (χ0) is 14.3. The average Bonchev–Trinajstić information content (AvgIpc) is 2.38. The number of hydrogen-bond donors (Lipinski definition) is 1. The largest absolute Gasteiger partial charge is 0.340 e. The van der Waals surface area contributed by atoms with Gasteiger partial charge in [-0.25, -0.2) is 17.9 Å². The lowest BCUT2D eigenvalue weighted by atomic mass is 10.2. The number of anilines is 2. The maximum absolute atomic E-state index is 12.1. The van der Waals surface area contributed by atoms with Gasteiger partial charge in [0.15, 0.2) is 0 Å². The van der Waals surface area contributed by atoms with Crippen molar-refractivity contribution in [2.75, 3.05) is 4.90 Å². The van der Waals surface area contributed by atoms with Crippen LogP contribution in [0.4, 0.5) is 16.2 Å². The van der Waals surface area contributed by atoms with E-state index in [0.717, 1.165) is 5.56 Å². The van der Waals surface area contributed by atoms with E-state index in [4.69, 9.17) is 0 Å². The first-order valence-electron chi connectivity index (χ1n) is 5.86. The molecular weight excluding hydrogens is 314 g/mol. The van der Waals surface area contributed by atoms with Crippen LogP contribution in [0.3, 0.4) is 0 Å². The molecule has 0 fully saturated rings. The Morgan fingerprint density at radius 3 is 2.71 bits per heavy atom. The Bertz CT molecular complexity index is 808. The minimum absolute atomic E-state index is 0. The third kappa shape index (κ3) is 2.57. The number of fused-ring (bicyclic) bond motifs is 1. The Labute approximate surface area is 128 Å². The molecule has 0 radical (unpaired) electrons. The summed E-state index contributed by atoms with van der Waals surface area (Å²) in [6, 6.07) is 8.07. The second-order valence-electron chi connectivity index (χ2n) is 4.43. The SMILES string of the molecule is Cc1cccc(N2C(=O)NS(=O)(=O)c3cnccc32)c1.Cl. The summed E-state index contributed by atoms with van der Waals surface area (Å²) < 4.78 is 25.9. The number of aromatic nitrogens is 1. The molecule has 0 unspecified atom stereocenters. The van der Waals surface area contributed by atoms with Crippen molar-refractivity contribution in [2.45, 2.75) is 11.8 Å². The number of carbonyl (C=O) groups excluding carboxylic acids is 1. The van der Waals surface area contributed by atoms with E-state index in [-0.39, 0.29) is 17.3 Å². The number of aryl methyl sites for hydroxylation is 1. The van der Waals surface area contributed by atoms with E-state index in [0.29, 0.717) is 11.4 Å². The topological polar surface area (TPSA) is 79.4 Å². The number of nitrogens with one attached hydrogen (secondary N) is 1. The van der Waals surface area contributed by atoms with Crippen LogP contribution >= 0.6 is 12.4 Å². The highest BCUT2D eigenvalue weighted by Gasteiger charge is 2.34. The molecule has 21 heavy (non-hydrogen) atoms. The van der Waals surface area contributed by atoms with Gasteiger partial charge in [-0.05, 0) is 30.7 Å². The van der Waals surface area contributed by atoms with Crippen molar-refractivity contribution in [2.24, 2.45) is 0 Å². The predicted molar refractivity (Wildman–Crippen MR) is 80.5 cm³/mol. The first-order chi connectivity index (χ1) is 9.49. The van der Waals surface area contributed by atoms with E-state index in [1.165, 1.54) is 23.4 Å². The summed E-state index contributed by atoms with van der Waals surface area (Å²) in [5.74, 6) is 0. The van der Waals surface area contributed by atoms with E-state index in [9.17, 15) is 13.2 Å². The van der Waals surface area contributed by atoms with Gasteiger partial charge in [-0.3, -0.25) is 9.88 Å². The van der Waals surface area contributed by atoms with Crippen molar-refractivity contribution in [3.63, 3.8) is 0 Å². The number of halogens is 1. The van der Waals surface area contributed by atoms with Gasteiger partial charge in [-0.2, -0.15) is 0 Å². The molecule has 1 aromatic carbocycles. The maximum Gasteiger partial charge on any atom is 0.340 e. The second kappa shape index (κ2) is 5.34. The number of pyridine rings is 1. The number of nitrogens with zero attached hydrogens (tertiary/aromatic N) is 2. The Hall–Kier alpha value is -2.12. The van der Waals surface area contributed by atoms with E-state index >= 15 is 0 Å². The lowest BCUT2D eigenvalue weighted by Crippen LogP contribution is -2.45. The smallest absolute Gasteiger partial charge is 0.263 e. The number of sulfonamides is 1. The molecule has 2 aromatic rings. The third-order valence-corrected chi connectivity index (χ3v) is 4.31. The van der Waals surface area contributed by atoms with Crippen LogP contribution in [0.25, 0.3) is 0 Å². The lowest BCUT2D eigenvalue weighted by Gasteiger charge is -2.29. The minimum atomic E-state index is -3.85. The number of amides is 2. The van der Waals surface area contributed by atoms with Gasteiger partial charge in [0.1, 0.15) is 4.90 Å². The van der Waals surface area contributed by atoms with Gasteiger partial charge in [0.2, 0.25) is 0 Å². The van der Waals surface area contributed by atoms with Crippen LogP contribution in [0.5, 0.6) is 0 Å². The highest BCUT2D eigenvalue weighted by molar-refractivity contribution is 7.90. The monoisotopic (exact) mass is 325 g/mol. The van der Waals surface area contributed by atoms with Crippen molar-refractivity contribution in [1.29, 1.82) is 0 Å². The van der Waals surface area contributed by atoms with Gasteiger partial charge in [-0.15, -0.1) is 12.4 Å². The van der Waals surface area contributed by atoms with Crippen molar-refractivity contribution in [3.05, 3.63) is 48.3 Å². The highest BCUT2D eigenvalue weighted by atomic mass is 35.5. The summed E-state index contributed by atoms with van der Waals surface area (Å²) in [4.78, 5) is 17.2. The highest BCUT2D eigenvalue weighted by Crippen LogP contribution is 2.34. The molecule has 0 aliphatic carbocycles. The fourth-order valence-electron chi connectivity index (χ4n) is 2.11. The first-order valence-corrected chi connectivity index (χ1v) is 7.35. The van der Waals surface area contributed by atoms with E-state index < -0.39 is 16.1 Å². The molecule has 2 heterocycles. The summed E-state index contributed by atoms with van der Waals surface area (Å²) in [5, 5.41) is 0. The Morgan fingerprint density at radius 2 is 2.00 bits per heavy atom. The summed E-state index contributed by atoms with van der Waals surface area (Å²) in [6.07, 6.45) is 2.68. The van der Waals surface area contributed by atoms with Crippen LogP contribution < -0.4 is 9.62 Å². The normalized spacial score (nSPS) is 15.7. The Balaban J connectivity index is 0.00000161. The molecule has 0 atom stereocenters. The number of benzene rings is 1. The molecular formula is C13H12ClN3O3S. The zero-order valence-corrected chi connectivity index (χ0v) is 12.6. The van der Waals surface area contributed by atoms with Crippen LogP contribution in [-0.2, 0) is 10.0 Å². The van der Waals surface area contributed by atoms with Crippen LogP contribution in [0, 0.1) is 6.92 Å². The van der Waals surface area contributed by atoms with E-state index in [1.807, 2.05) is 29.8 Å². The van der Waals surface area contributed by atoms with Gasteiger partial charge in [-0.1, -0.05) is 12.1 Å². The second-order valence-corrected chi connectivity index (χ2v) is 6.08. The predicted octanol–water partition coefficient (Wildman–Crippen LogP) is 2.36. The van der Waals surface area contributed by atoms with E-state index in [2.05, 4.69) is 4.98 Å². The molecule has 8 heteroatoms. The van der Waals surface area contributed by atoms with Crippen molar-refractivity contribution < 1.29 is 13.2 Å². The average molecular weight is 326 g/mol. The number of urea groups is 1. The van der Waals surface area contributed by atoms with Gasteiger partial charge >= 0.3 is 6.03 Å². The standard InChI is InChI=1S/C13H11N3O3S.ClH/c1-9-3-2-4-10(7-9)16-11-5-6-14-8-12(11)20(18,19)15-13(16)17;/h2-8H,1H3,(H,15,17);1H. The molecule has 0 saturated carbocycles. The molecule has 0 saturated heterocycles. The van der Waals surface area contributed by atoms with Crippen molar-refractivity contribution in [3.8, 4) is 0 Å². The van der Waals surface area contributed by atoms with Gasteiger partial charge < -0.3 is 0 Å². The molecule has 0 spiro atoms. The summed E-state index contributed by atoms with van der Waals surface area (Å²) in [5.41, 5.74) is 1.87. The molecule has 2 amide bonds. The molecule has 0 bridgehead atoms. The van der Waals surface area contributed by atoms with Gasteiger partial charge in [0, 0.05) is 12.4 Å². The molecule has 6 nitrogen and oxygen atoms in total. The number of hydrogen-bond acceptors (Lipinski definition) is 4. The third-order valence-electron chi connectivity index (χ3n) is 2.98. The van der Waals surface area contributed by atoms with Crippen LogP contribution in [0.2, 0.25) is 0 Å². The lowest BCUT2D eigenvalue weighted by molar-refractivity contribution is 0.252. The Morgan fingerprint density at radius 1 is 1.24 bits per heavy atom. The minimum Gasteiger partial charge on any atom is -0.263 e. The molecule has 1 N–H and O–H groups in total. The molecule has 1 aromatic heterocycles. The summed E-state index contributed by atoms with van der Waals surface area (Å²) in [6.45, 7) is 1.90. The summed E-state index contributed by atoms with van der Waals surface area (Å²) >= 11 is 0. The van der Waals surface area contributed by atoms with Gasteiger partial charge in [0.05, 0.1) is 11.4 Å². The zero-order valence-electron chi connectivity index (χ0n) is 11.0. The summed E-state index contributed by atoms with van der Waals surface area (Å²) in [7, 11) is -3.85. The maximum atomic E-state index is 12.1. The van der Waals surface area contributed by atoms with Crippen LogP contribution in [0.1, 0.15) is 5.56 Å². The Kier molecular flexibility index (Phi) is 3.89. The number of rotatable bonds is 1. The quantitative estimate of drug-likeness (QED) is 0.873. The molecule has 3 rings (SSSR count). The molecule has 1 aliphatic heterocycles. The first kappa shape index (κ1) is 15.3. The fraction of sp³-hybridized carbons (Fsp3) is 0.0769.